The molecular formula is C52H66N2O8Si2. The molecule has 64 heavy (non-hydrogen) atoms. The summed E-state index contributed by atoms with van der Waals surface area (Å²) in [5.74, 6) is -1.46. The van der Waals surface area contributed by atoms with Crippen LogP contribution in [0.3, 0.4) is 0 Å². The van der Waals surface area contributed by atoms with E-state index in [-0.39, 0.29) is 42.2 Å². The van der Waals surface area contributed by atoms with Crippen molar-refractivity contribution in [2.45, 2.75) is 136 Å². The molecular weight excluding hydrogens is 837 g/mol. The third-order valence-electron chi connectivity index (χ3n) is 13.1. The quantitative estimate of drug-likeness (QED) is 0.0114. The van der Waals surface area contributed by atoms with Crippen LogP contribution in [-0.2, 0) is 18.4 Å². The van der Waals surface area contributed by atoms with E-state index in [1.807, 2.05) is 48.5 Å². The van der Waals surface area contributed by atoms with Gasteiger partial charge in [-0.25, -0.2) is 4.79 Å². The Kier molecular flexibility index (Phi) is 14.6. The Bertz CT molecular complexity index is 2490. The molecule has 0 saturated carbocycles. The van der Waals surface area contributed by atoms with Crippen LogP contribution < -0.4 is 0 Å². The van der Waals surface area contributed by atoms with Gasteiger partial charge in [-0.2, -0.15) is 0 Å². The number of unbranched alkanes of at least 4 members (excludes halogenated alkanes) is 6. The Labute approximate surface area is 380 Å². The Balaban J connectivity index is 1.09. The number of ether oxygens (including phenoxy) is 1. The van der Waals surface area contributed by atoms with Crippen molar-refractivity contribution >= 4 is 89.3 Å². The van der Waals surface area contributed by atoms with Gasteiger partial charge < -0.3 is 13.6 Å². The molecule has 0 aliphatic carbocycles. The summed E-state index contributed by atoms with van der Waals surface area (Å²) in [6.45, 7) is 19.8. The fraction of sp³-hybridized carbons (Fsp3) is 0.481. The third kappa shape index (κ3) is 9.48. The number of fused-ring (bicyclic) bond motifs is 2. The summed E-state index contributed by atoms with van der Waals surface area (Å²) >= 11 is 0. The fourth-order valence-electron chi connectivity index (χ4n) is 10.3. The van der Waals surface area contributed by atoms with Crippen molar-refractivity contribution in [3.8, 4) is 0 Å². The van der Waals surface area contributed by atoms with Gasteiger partial charge in [-0.15, -0.1) is 0 Å². The standard InChI is InChI=1S/C52H66N2O8Si2/c1-9-11-13-15-19-35(20-16-14-12-10-2)54-50(57)42-27-23-38-36-21-25-40-46-41(26-22-37(44(36)46)39-24-28-43(51(54)58)47(42)45(38)39)49(56)53(48(40)55)29-17-31-61-63(5,6)33-64(7,8)62-32-18-30-60-52(59)34(3)4/h21-28,35H,3,9-20,29-33H2,1-2,4-8H3. The van der Waals surface area contributed by atoms with Crippen molar-refractivity contribution in [2.75, 3.05) is 26.4 Å². The van der Waals surface area contributed by atoms with Gasteiger partial charge in [0, 0.05) is 70.8 Å². The zero-order chi connectivity index (χ0) is 45.9. The maximum Gasteiger partial charge on any atom is 0.333 e. The Morgan fingerprint density at radius 3 is 1.41 bits per heavy atom. The van der Waals surface area contributed by atoms with E-state index in [0.29, 0.717) is 71.3 Å². The molecule has 12 heteroatoms. The molecule has 0 unspecified atom stereocenters. The smallest absolute Gasteiger partial charge is 0.333 e. The largest absolute Gasteiger partial charge is 0.462 e. The van der Waals surface area contributed by atoms with Crippen LogP contribution in [0.5, 0.6) is 0 Å². The second kappa shape index (κ2) is 19.8. The lowest BCUT2D eigenvalue weighted by molar-refractivity contribution is -0.139. The summed E-state index contributed by atoms with van der Waals surface area (Å²) < 4.78 is 18.0. The zero-order valence-corrected chi connectivity index (χ0v) is 41.1. The molecule has 0 atom stereocenters. The highest BCUT2D eigenvalue weighted by atomic mass is 28.4. The van der Waals surface area contributed by atoms with E-state index in [9.17, 15) is 24.0 Å². The van der Waals surface area contributed by atoms with E-state index < -0.39 is 16.6 Å². The topological polar surface area (TPSA) is 120 Å². The van der Waals surface area contributed by atoms with Crippen LogP contribution in [0.4, 0.5) is 0 Å². The van der Waals surface area contributed by atoms with Crippen molar-refractivity contribution in [1.29, 1.82) is 0 Å². The fourth-order valence-corrected chi connectivity index (χ4v) is 20.7. The number of benzene rings is 5. The van der Waals surface area contributed by atoms with Gasteiger partial charge in [-0.1, -0.05) is 96.1 Å². The van der Waals surface area contributed by atoms with Crippen LogP contribution in [0.1, 0.15) is 139 Å². The lowest BCUT2D eigenvalue weighted by Crippen LogP contribution is -2.47. The molecule has 0 aromatic heterocycles. The number of amides is 4. The van der Waals surface area contributed by atoms with Gasteiger partial charge in [0.05, 0.1) is 6.61 Å². The first-order valence-electron chi connectivity index (χ1n) is 23.7. The molecule has 0 bridgehead atoms. The van der Waals surface area contributed by atoms with E-state index in [0.717, 1.165) is 102 Å². The molecule has 4 amide bonds. The second-order valence-electron chi connectivity index (χ2n) is 19.3. The van der Waals surface area contributed by atoms with Crippen molar-refractivity contribution in [1.82, 2.24) is 9.80 Å². The summed E-state index contributed by atoms with van der Waals surface area (Å²) in [6, 6.07) is 15.2. The molecule has 10 nitrogen and oxygen atoms in total. The molecule has 2 heterocycles. The van der Waals surface area contributed by atoms with E-state index in [2.05, 4.69) is 46.6 Å². The van der Waals surface area contributed by atoms with Crippen LogP contribution in [0, 0.1) is 0 Å². The molecule has 340 valence electrons. The van der Waals surface area contributed by atoms with Crippen LogP contribution in [0.15, 0.2) is 60.7 Å². The van der Waals surface area contributed by atoms with Gasteiger partial charge in [0.25, 0.3) is 23.6 Å². The number of hydrogen-bond donors (Lipinski definition) is 0. The molecule has 0 saturated heterocycles. The molecule has 2 aliphatic heterocycles. The molecule has 0 radical (unpaired) electrons. The third-order valence-corrected chi connectivity index (χ3v) is 21.9. The number of carbonyl (C=O) groups is 5. The summed E-state index contributed by atoms with van der Waals surface area (Å²) in [5, 5.41) is 6.62. The highest BCUT2D eigenvalue weighted by Crippen LogP contribution is 2.46. The van der Waals surface area contributed by atoms with E-state index in [1.54, 1.807) is 11.8 Å². The minimum absolute atomic E-state index is 0.138. The van der Waals surface area contributed by atoms with Crippen LogP contribution in [-0.4, -0.2) is 88.4 Å². The monoisotopic (exact) mass is 902 g/mol. The van der Waals surface area contributed by atoms with E-state index >= 15 is 0 Å². The lowest BCUT2D eigenvalue weighted by atomic mass is 9.82. The van der Waals surface area contributed by atoms with Gasteiger partial charge >= 0.3 is 5.97 Å². The number of hydrogen-bond acceptors (Lipinski definition) is 8. The summed E-state index contributed by atoms with van der Waals surface area (Å²) in [7, 11) is -4.21. The summed E-state index contributed by atoms with van der Waals surface area (Å²) in [5.41, 5.74) is 3.35. The molecule has 0 fully saturated rings. The average Bonchev–Trinajstić information content (AvgIpc) is 3.25. The lowest BCUT2D eigenvalue weighted by Gasteiger charge is -2.35. The molecule has 5 aromatic rings. The first-order chi connectivity index (χ1) is 30.6. The van der Waals surface area contributed by atoms with Gasteiger partial charge in [0.1, 0.15) is 0 Å². The molecule has 2 aliphatic rings. The number of imide groups is 2. The minimum Gasteiger partial charge on any atom is -0.462 e. The predicted molar refractivity (Wildman–Crippen MR) is 262 cm³/mol. The highest BCUT2D eigenvalue weighted by molar-refractivity contribution is 6.89. The maximum absolute atomic E-state index is 14.5. The van der Waals surface area contributed by atoms with E-state index in [4.69, 9.17) is 13.6 Å². The first-order valence-corrected chi connectivity index (χ1v) is 29.9. The zero-order valence-electron chi connectivity index (χ0n) is 39.1. The van der Waals surface area contributed by atoms with Crippen molar-refractivity contribution in [2.24, 2.45) is 0 Å². The predicted octanol–water partition coefficient (Wildman–Crippen LogP) is 12.1. The van der Waals surface area contributed by atoms with Crippen LogP contribution in [0.2, 0.25) is 31.9 Å². The summed E-state index contributed by atoms with van der Waals surface area (Å²) in [4.78, 5) is 72.1. The minimum atomic E-state index is -2.14. The second-order valence-corrected chi connectivity index (χ2v) is 28.3. The molecule has 0 spiro atoms. The Morgan fingerprint density at radius 1 is 0.562 bits per heavy atom. The Hall–Kier alpha value is -4.76. The van der Waals surface area contributed by atoms with Crippen LogP contribution in [0.25, 0.3) is 43.1 Å². The van der Waals surface area contributed by atoms with Gasteiger partial charge in [-0.05, 0) is 115 Å². The highest BCUT2D eigenvalue weighted by Gasteiger charge is 2.40. The summed E-state index contributed by atoms with van der Waals surface area (Å²) in [6.07, 6.45) is 11.5. The van der Waals surface area contributed by atoms with Crippen molar-refractivity contribution < 1.29 is 37.6 Å². The van der Waals surface area contributed by atoms with Gasteiger partial charge in [0.2, 0.25) is 0 Å². The van der Waals surface area contributed by atoms with Crippen molar-refractivity contribution in [3.63, 3.8) is 0 Å². The number of nitrogens with zero attached hydrogens (tertiary/aromatic N) is 2. The number of esters is 1. The molecule has 0 N–H and O–H groups in total. The number of carbonyl (C=O) groups excluding carboxylic acids is 5. The maximum atomic E-state index is 14.5. The average molecular weight is 903 g/mol. The molecule has 7 rings (SSSR count). The molecule has 5 aromatic carbocycles. The van der Waals surface area contributed by atoms with Crippen LogP contribution >= 0.6 is 0 Å². The normalized spacial score (nSPS) is 14.4. The Morgan fingerprint density at radius 2 is 0.984 bits per heavy atom. The van der Waals surface area contributed by atoms with E-state index in [1.165, 1.54) is 4.90 Å². The first kappa shape index (κ1) is 47.2. The van der Waals surface area contributed by atoms with Gasteiger partial charge in [-0.3, -0.25) is 29.0 Å². The van der Waals surface area contributed by atoms with Crippen molar-refractivity contribution in [3.05, 3.63) is 82.9 Å². The number of rotatable bonds is 24. The SMILES string of the molecule is C=C(C)C(=O)OCCCO[Si](C)(C)C[Si](C)(C)OCCCN1C(=O)c2ccc3c4ccc5c6c(ccc(c7ccc(c2c37)C1=O)c64)C(=O)N(C(CCCCCC)CCCCCC)C5=O. The van der Waals surface area contributed by atoms with Gasteiger partial charge in [0.15, 0.2) is 16.6 Å².